The molecule has 4 fully saturated rings. The normalized spacial score (nSPS) is 28.7. The Labute approximate surface area is 182 Å². The van der Waals surface area contributed by atoms with E-state index in [1.54, 1.807) is 31.4 Å². The molecule has 4 aliphatic carbocycles. The van der Waals surface area contributed by atoms with Crippen molar-refractivity contribution >= 4 is 17.8 Å². The molecule has 0 radical (unpaired) electrons. The lowest BCUT2D eigenvalue weighted by Gasteiger charge is -2.57. The van der Waals surface area contributed by atoms with Crippen LogP contribution in [0.3, 0.4) is 0 Å². The number of hydrogen-bond donors (Lipinski definition) is 1. The van der Waals surface area contributed by atoms with E-state index in [1.165, 1.54) is 50.2 Å². The van der Waals surface area contributed by atoms with Crippen LogP contribution in [0.1, 0.15) is 65.6 Å². The number of carbonyl (C=O) groups excluding carboxylic acids is 1. The minimum absolute atomic E-state index is 0.0582. The van der Waals surface area contributed by atoms with E-state index >= 15 is 0 Å². The van der Waals surface area contributed by atoms with Crippen LogP contribution in [0.2, 0.25) is 0 Å². The lowest BCUT2D eigenvalue weighted by atomic mass is 9.48. The van der Waals surface area contributed by atoms with Gasteiger partial charge in [-0.1, -0.05) is 30.3 Å². The maximum Gasteiger partial charge on any atom is 0.328 e. The smallest absolute Gasteiger partial charge is 0.328 e. The monoisotopic (exact) mass is 416 g/mol. The molecule has 2 aromatic carbocycles. The average molecular weight is 417 g/mol. The number of carboxylic acid groups (broad SMARTS) is 1. The summed E-state index contributed by atoms with van der Waals surface area (Å²) in [5, 5.41) is 8.78. The zero-order valence-electron chi connectivity index (χ0n) is 17.8. The van der Waals surface area contributed by atoms with Crippen molar-refractivity contribution < 1.29 is 19.4 Å². The van der Waals surface area contributed by atoms with E-state index in [9.17, 15) is 9.59 Å². The van der Waals surface area contributed by atoms with Gasteiger partial charge in [-0.3, -0.25) is 4.79 Å². The molecule has 0 saturated heterocycles. The predicted octanol–water partition coefficient (Wildman–Crippen LogP) is 5.49. The zero-order chi connectivity index (χ0) is 21.6. The van der Waals surface area contributed by atoms with Gasteiger partial charge >= 0.3 is 5.97 Å². The second kappa shape index (κ2) is 7.67. The van der Waals surface area contributed by atoms with Gasteiger partial charge < -0.3 is 9.84 Å². The van der Waals surface area contributed by atoms with E-state index in [1.807, 2.05) is 6.07 Å². The molecule has 0 amide bonds. The Morgan fingerprint density at radius 2 is 1.58 bits per heavy atom. The molecule has 1 N–H and O–H groups in total. The summed E-state index contributed by atoms with van der Waals surface area (Å²) in [6.45, 7) is 0. The molecule has 160 valence electrons. The molecule has 4 aliphatic rings. The van der Waals surface area contributed by atoms with Crippen molar-refractivity contribution in [3.8, 4) is 5.75 Å². The lowest BCUT2D eigenvalue weighted by molar-refractivity contribution is -0.131. The van der Waals surface area contributed by atoms with E-state index < -0.39 is 5.97 Å². The van der Waals surface area contributed by atoms with Crippen LogP contribution in [0.5, 0.6) is 5.75 Å². The van der Waals surface area contributed by atoms with Crippen molar-refractivity contribution in [3.05, 3.63) is 70.8 Å². The van der Waals surface area contributed by atoms with Crippen molar-refractivity contribution in [1.29, 1.82) is 0 Å². The first-order valence-electron chi connectivity index (χ1n) is 11.2. The number of carboxylic acids is 1. The van der Waals surface area contributed by atoms with E-state index in [2.05, 4.69) is 12.1 Å². The number of ketones is 1. The summed E-state index contributed by atoms with van der Waals surface area (Å²) in [6.07, 6.45) is 10.5. The minimum atomic E-state index is -0.994. The van der Waals surface area contributed by atoms with Crippen LogP contribution < -0.4 is 4.74 Å². The summed E-state index contributed by atoms with van der Waals surface area (Å²) >= 11 is 0. The Morgan fingerprint density at radius 1 is 0.968 bits per heavy atom. The highest BCUT2D eigenvalue weighted by Crippen LogP contribution is 2.60. The topological polar surface area (TPSA) is 63.6 Å². The summed E-state index contributed by atoms with van der Waals surface area (Å²) in [5.74, 6) is 2.09. The number of rotatable bonds is 6. The van der Waals surface area contributed by atoms with Gasteiger partial charge in [-0.05, 0) is 91.0 Å². The number of ether oxygens (including phenoxy) is 1. The van der Waals surface area contributed by atoms with Crippen LogP contribution in [0, 0.1) is 17.8 Å². The molecular weight excluding hydrogens is 388 g/mol. The molecule has 0 unspecified atom stereocenters. The van der Waals surface area contributed by atoms with Gasteiger partial charge in [0, 0.05) is 11.6 Å². The summed E-state index contributed by atoms with van der Waals surface area (Å²) in [5.41, 5.74) is 3.46. The molecule has 0 spiro atoms. The standard InChI is InChI=1S/C27H28O4/c1-31-24-8-7-22(27-14-18-10-19(15-27)12-20(11-18)16-27)13-23(24)26(30)21-5-2-17(3-6-21)4-9-25(28)29/h2-9,13,18-20H,10-12,14-16H2,1H3,(H,28,29). The highest BCUT2D eigenvalue weighted by atomic mass is 16.5. The van der Waals surface area contributed by atoms with Crippen LogP contribution >= 0.6 is 0 Å². The molecule has 0 aliphatic heterocycles. The van der Waals surface area contributed by atoms with Gasteiger partial charge in [-0.25, -0.2) is 4.79 Å². The summed E-state index contributed by atoms with van der Waals surface area (Å²) in [7, 11) is 1.61. The first-order chi connectivity index (χ1) is 15.0. The highest BCUT2D eigenvalue weighted by Gasteiger charge is 2.51. The third-order valence-corrected chi connectivity index (χ3v) is 7.69. The molecule has 4 heteroatoms. The lowest BCUT2D eigenvalue weighted by Crippen LogP contribution is -2.48. The fourth-order valence-electron chi connectivity index (χ4n) is 6.75. The number of methoxy groups -OCH3 is 1. The van der Waals surface area contributed by atoms with Gasteiger partial charge in [-0.15, -0.1) is 0 Å². The van der Waals surface area contributed by atoms with Crippen LogP contribution in [-0.4, -0.2) is 24.0 Å². The molecule has 4 saturated carbocycles. The fourth-order valence-corrected chi connectivity index (χ4v) is 6.75. The molecule has 4 nitrogen and oxygen atoms in total. The predicted molar refractivity (Wildman–Crippen MR) is 119 cm³/mol. The van der Waals surface area contributed by atoms with Gasteiger partial charge in [0.25, 0.3) is 0 Å². The van der Waals surface area contributed by atoms with Crippen molar-refractivity contribution in [2.24, 2.45) is 17.8 Å². The molecule has 2 aromatic rings. The largest absolute Gasteiger partial charge is 0.496 e. The maximum atomic E-state index is 13.4. The second-order valence-corrected chi connectivity index (χ2v) is 9.74. The summed E-state index contributed by atoms with van der Waals surface area (Å²) in [4.78, 5) is 24.1. The van der Waals surface area contributed by atoms with Crippen molar-refractivity contribution in [2.45, 2.75) is 43.9 Å². The molecule has 0 aromatic heterocycles. The van der Waals surface area contributed by atoms with Crippen LogP contribution in [0.4, 0.5) is 0 Å². The molecular formula is C27H28O4. The summed E-state index contributed by atoms with van der Waals surface area (Å²) in [6, 6.07) is 13.3. The summed E-state index contributed by atoms with van der Waals surface area (Å²) < 4.78 is 5.55. The number of aliphatic carboxylic acids is 1. The number of benzene rings is 2. The van der Waals surface area contributed by atoms with Gasteiger partial charge in [-0.2, -0.15) is 0 Å². The third-order valence-electron chi connectivity index (χ3n) is 7.69. The quantitative estimate of drug-likeness (QED) is 0.499. The maximum absolute atomic E-state index is 13.4. The number of hydrogen-bond acceptors (Lipinski definition) is 3. The Kier molecular flexibility index (Phi) is 4.96. The molecule has 6 rings (SSSR count). The Hall–Kier alpha value is -2.88. The van der Waals surface area contributed by atoms with Crippen LogP contribution in [-0.2, 0) is 10.2 Å². The van der Waals surface area contributed by atoms with Crippen molar-refractivity contribution in [2.75, 3.05) is 7.11 Å². The molecule has 4 bridgehead atoms. The van der Waals surface area contributed by atoms with Gasteiger partial charge in [0.1, 0.15) is 5.75 Å². The Morgan fingerprint density at radius 3 is 2.13 bits per heavy atom. The molecule has 0 heterocycles. The van der Waals surface area contributed by atoms with E-state index in [4.69, 9.17) is 9.84 Å². The van der Waals surface area contributed by atoms with E-state index in [0.717, 1.165) is 29.4 Å². The first kappa shape index (κ1) is 20.0. The number of carbonyl (C=O) groups is 2. The van der Waals surface area contributed by atoms with Crippen molar-refractivity contribution in [1.82, 2.24) is 0 Å². The van der Waals surface area contributed by atoms with Crippen LogP contribution in [0.15, 0.2) is 48.5 Å². The highest BCUT2D eigenvalue weighted by molar-refractivity contribution is 6.11. The first-order valence-corrected chi connectivity index (χ1v) is 11.2. The second-order valence-electron chi connectivity index (χ2n) is 9.74. The van der Waals surface area contributed by atoms with E-state index in [0.29, 0.717) is 16.9 Å². The van der Waals surface area contributed by atoms with Gasteiger partial charge in [0.15, 0.2) is 5.78 Å². The zero-order valence-corrected chi connectivity index (χ0v) is 17.8. The SMILES string of the molecule is COc1ccc(C23CC4CC(CC(C4)C2)C3)cc1C(=O)c1ccc(C=CC(=O)O)cc1. The molecule has 0 atom stereocenters. The average Bonchev–Trinajstić information content (AvgIpc) is 2.76. The van der Waals surface area contributed by atoms with E-state index in [-0.39, 0.29) is 11.2 Å². The van der Waals surface area contributed by atoms with Crippen LogP contribution in [0.25, 0.3) is 6.08 Å². The minimum Gasteiger partial charge on any atom is -0.496 e. The van der Waals surface area contributed by atoms with Gasteiger partial charge in [0.2, 0.25) is 0 Å². The van der Waals surface area contributed by atoms with Crippen molar-refractivity contribution in [3.63, 3.8) is 0 Å². The fraction of sp³-hybridized carbons (Fsp3) is 0.407. The molecule has 31 heavy (non-hydrogen) atoms. The third kappa shape index (κ3) is 3.69. The Bertz CT molecular complexity index is 1010. The van der Waals surface area contributed by atoms with Gasteiger partial charge in [0.05, 0.1) is 12.7 Å². The Balaban J connectivity index is 1.46.